The van der Waals surface area contributed by atoms with Crippen molar-refractivity contribution < 1.29 is 22.3 Å². The number of hydrogen-bond donors (Lipinski definition) is 0. The van der Waals surface area contributed by atoms with E-state index < -0.39 is 26.6 Å². The minimum Gasteiger partial charge on any atom is -0.463 e. The molecule has 3 rings (SSSR count). The lowest BCUT2D eigenvalue weighted by Crippen LogP contribution is -2.37. The maximum Gasteiger partial charge on any atom is 0.330 e. The Balaban J connectivity index is 2.18. The number of rotatable bonds is 5. The van der Waals surface area contributed by atoms with Crippen LogP contribution >= 0.6 is 0 Å². The van der Waals surface area contributed by atoms with Crippen LogP contribution in [0.2, 0.25) is 0 Å². The van der Waals surface area contributed by atoms with E-state index in [0.29, 0.717) is 10.9 Å². The Morgan fingerprint density at radius 2 is 2.15 bits per heavy atom. The lowest BCUT2D eigenvalue weighted by atomic mass is 10.0. The summed E-state index contributed by atoms with van der Waals surface area (Å²) in [7, 11) is -3.95. The second-order valence-corrected chi connectivity index (χ2v) is 8.69. The highest BCUT2D eigenvalue weighted by Crippen LogP contribution is 2.34. The fourth-order valence-corrected chi connectivity index (χ4v) is 4.71. The van der Waals surface area contributed by atoms with Crippen molar-refractivity contribution in [1.82, 2.24) is 3.97 Å². The maximum absolute atomic E-state index is 14.6. The smallest absolute Gasteiger partial charge is 0.330 e. The van der Waals surface area contributed by atoms with Gasteiger partial charge in [-0.3, -0.25) is 0 Å². The van der Waals surface area contributed by atoms with Crippen LogP contribution in [-0.4, -0.2) is 29.7 Å². The summed E-state index contributed by atoms with van der Waals surface area (Å²) in [5, 5.41) is 0.401. The number of fused-ring (bicyclic) bond motifs is 1. The second kappa shape index (κ2) is 7.15. The fraction of sp³-hybridized carbons (Fsp3) is 0.250. The van der Waals surface area contributed by atoms with Crippen molar-refractivity contribution in [3.05, 3.63) is 66.2 Å². The van der Waals surface area contributed by atoms with Crippen molar-refractivity contribution in [3.63, 3.8) is 0 Å². The number of aromatic nitrogens is 1. The van der Waals surface area contributed by atoms with Gasteiger partial charge in [-0.1, -0.05) is 36.4 Å². The van der Waals surface area contributed by atoms with Gasteiger partial charge < -0.3 is 4.74 Å². The molecule has 0 aliphatic heterocycles. The minimum atomic E-state index is -3.95. The summed E-state index contributed by atoms with van der Waals surface area (Å²) in [6.45, 7) is 3.52. The molecule has 0 N–H and O–H groups in total. The first-order valence-electron chi connectivity index (χ1n) is 8.54. The minimum absolute atomic E-state index is 0.0369. The van der Waals surface area contributed by atoms with Crippen molar-refractivity contribution in [2.24, 2.45) is 0 Å². The van der Waals surface area contributed by atoms with E-state index in [1.807, 2.05) is 0 Å². The van der Waals surface area contributed by atoms with Crippen LogP contribution in [0.4, 0.5) is 4.39 Å². The summed E-state index contributed by atoms with van der Waals surface area (Å²) in [5.74, 6) is -1.20. The Morgan fingerprint density at radius 1 is 1.37 bits per heavy atom. The highest BCUT2D eigenvalue weighted by atomic mass is 32.2. The molecule has 1 atom stereocenters. The van der Waals surface area contributed by atoms with Crippen molar-refractivity contribution in [2.75, 3.05) is 6.61 Å². The number of ether oxygens (including phenoxy) is 1. The third kappa shape index (κ3) is 3.35. The molecule has 0 fully saturated rings. The Hall–Kier alpha value is -2.67. The van der Waals surface area contributed by atoms with Crippen LogP contribution in [-0.2, 0) is 19.6 Å². The quantitative estimate of drug-likeness (QED) is 0.576. The third-order valence-electron chi connectivity index (χ3n) is 4.53. The summed E-state index contributed by atoms with van der Waals surface area (Å²) in [4.78, 5) is 11.6. The average Bonchev–Trinajstić information content (AvgIpc) is 3.02. The molecule has 1 aromatic heterocycles. The molecule has 1 aliphatic carbocycles. The largest absolute Gasteiger partial charge is 0.463 e. The number of benzene rings is 1. The summed E-state index contributed by atoms with van der Waals surface area (Å²) < 4.78 is 45.8. The van der Waals surface area contributed by atoms with Crippen molar-refractivity contribution in [3.8, 4) is 0 Å². The molecule has 142 valence electrons. The van der Waals surface area contributed by atoms with Gasteiger partial charge >= 0.3 is 5.97 Å². The number of esters is 1. The van der Waals surface area contributed by atoms with Gasteiger partial charge in [0.25, 0.3) is 0 Å². The van der Waals surface area contributed by atoms with Gasteiger partial charge in [0, 0.05) is 23.2 Å². The van der Waals surface area contributed by atoms with Crippen LogP contribution in [0.5, 0.6) is 0 Å². The Labute approximate surface area is 157 Å². The van der Waals surface area contributed by atoms with E-state index >= 15 is 0 Å². The van der Waals surface area contributed by atoms with Gasteiger partial charge in [-0.05, 0) is 32.4 Å². The lowest BCUT2D eigenvalue weighted by Gasteiger charge is -2.27. The Morgan fingerprint density at radius 3 is 2.81 bits per heavy atom. The highest BCUT2D eigenvalue weighted by molar-refractivity contribution is 7.91. The number of nitrogens with zero attached hydrogens (tertiary/aromatic N) is 1. The highest BCUT2D eigenvalue weighted by Gasteiger charge is 2.39. The van der Waals surface area contributed by atoms with Crippen molar-refractivity contribution >= 4 is 33.0 Å². The molecule has 0 radical (unpaired) electrons. The zero-order valence-electron chi connectivity index (χ0n) is 15.1. The van der Waals surface area contributed by atoms with E-state index in [9.17, 15) is 17.6 Å². The van der Waals surface area contributed by atoms with Gasteiger partial charge in [0.2, 0.25) is 10.0 Å². The molecule has 1 aliphatic rings. The fourth-order valence-electron chi connectivity index (χ4n) is 3.03. The van der Waals surface area contributed by atoms with Crippen LogP contribution < -0.4 is 0 Å². The zero-order valence-corrected chi connectivity index (χ0v) is 15.9. The Bertz CT molecular complexity index is 1080. The summed E-state index contributed by atoms with van der Waals surface area (Å²) >= 11 is 0. The molecule has 0 amide bonds. The molecule has 0 saturated heterocycles. The number of halogens is 1. The van der Waals surface area contributed by atoms with E-state index in [-0.39, 0.29) is 18.5 Å². The molecule has 7 heteroatoms. The van der Waals surface area contributed by atoms with Gasteiger partial charge in [0.1, 0.15) is 10.6 Å². The second-order valence-electron chi connectivity index (χ2n) is 6.41. The van der Waals surface area contributed by atoms with Gasteiger partial charge in [-0.25, -0.2) is 21.6 Å². The molecule has 0 bridgehead atoms. The molecule has 1 heterocycles. The molecule has 27 heavy (non-hydrogen) atoms. The molecule has 2 aromatic rings. The first kappa shape index (κ1) is 19.1. The average molecular weight is 389 g/mol. The molecular formula is C20H20FNO4S. The summed E-state index contributed by atoms with van der Waals surface area (Å²) in [5.41, 5.74) is 0.380. The van der Waals surface area contributed by atoms with E-state index in [4.69, 9.17) is 4.74 Å². The zero-order chi connectivity index (χ0) is 19.7. The summed E-state index contributed by atoms with van der Waals surface area (Å²) in [6.07, 6.45) is 11.1. The number of hydrogen-bond acceptors (Lipinski definition) is 4. The molecule has 0 spiro atoms. The molecular weight excluding hydrogens is 369 g/mol. The molecule has 1 aromatic carbocycles. The van der Waals surface area contributed by atoms with Crippen LogP contribution in [0.1, 0.15) is 25.8 Å². The Kier molecular flexibility index (Phi) is 5.06. The van der Waals surface area contributed by atoms with E-state index in [2.05, 4.69) is 0 Å². The van der Waals surface area contributed by atoms with E-state index in [1.165, 1.54) is 30.5 Å². The van der Waals surface area contributed by atoms with Crippen LogP contribution in [0.15, 0.2) is 54.8 Å². The maximum atomic E-state index is 14.6. The number of carbonyl (C=O) groups is 1. The van der Waals surface area contributed by atoms with Gasteiger partial charge in [0.15, 0.2) is 0 Å². The van der Waals surface area contributed by atoms with Crippen LogP contribution in [0, 0.1) is 5.82 Å². The van der Waals surface area contributed by atoms with Crippen LogP contribution in [0.25, 0.3) is 17.0 Å². The standard InChI is InChI=1S/C20H20FNO4S/c1-3-26-18(23)11-10-15-14-22(19-16(15)8-7-9-17(19)21)27(24,25)20(2)12-5-4-6-13-20/h4-12,14H,3,13H2,1-2H3/b11-10+. The third-order valence-corrected chi connectivity index (χ3v) is 6.81. The number of carbonyl (C=O) groups excluding carboxylic acids is 1. The molecule has 1 unspecified atom stereocenters. The van der Waals surface area contributed by atoms with E-state index in [1.54, 1.807) is 44.2 Å². The van der Waals surface area contributed by atoms with Gasteiger partial charge in [0.05, 0.1) is 12.1 Å². The number of para-hydroxylation sites is 1. The predicted octanol–water partition coefficient (Wildman–Crippen LogP) is 3.81. The first-order valence-corrected chi connectivity index (χ1v) is 9.98. The van der Waals surface area contributed by atoms with Gasteiger partial charge in [-0.2, -0.15) is 0 Å². The predicted molar refractivity (Wildman–Crippen MR) is 103 cm³/mol. The normalized spacial score (nSPS) is 19.8. The first-order chi connectivity index (χ1) is 12.8. The number of allylic oxidation sites excluding steroid dienone is 3. The molecule has 5 nitrogen and oxygen atoms in total. The van der Waals surface area contributed by atoms with Crippen LogP contribution in [0.3, 0.4) is 0 Å². The van der Waals surface area contributed by atoms with Crippen molar-refractivity contribution in [2.45, 2.75) is 25.0 Å². The van der Waals surface area contributed by atoms with E-state index in [0.717, 1.165) is 3.97 Å². The van der Waals surface area contributed by atoms with Crippen molar-refractivity contribution in [1.29, 1.82) is 0 Å². The molecule has 0 saturated carbocycles. The summed E-state index contributed by atoms with van der Waals surface area (Å²) in [6, 6.07) is 4.33. The lowest BCUT2D eigenvalue weighted by molar-refractivity contribution is -0.137. The van der Waals surface area contributed by atoms with Gasteiger partial charge in [-0.15, -0.1) is 0 Å². The monoisotopic (exact) mass is 389 g/mol. The SMILES string of the molecule is CCOC(=O)/C=C/c1cn(S(=O)(=O)C2(C)C=CC=CC2)c2c(F)cccc12. The topological polar surface area (TPSA) is 65.4 Å².